The molecular formula is C19H15BrF3N5O2. The summed E-state index contributed by atoms with van der Waals surface area (Å²) in [5, 5.41) is 6.53. The first-order valence-corrected chi connectivity index (χ1v) is 9.75. The van der Waals surface area contributed by atoms with Gasteiger partial charge >= 0.3 is 0 Å². The maximum Gasteiger partial charge on any atom is 0.254 e. The molecule has 4 rings (SSSR count). The van der Waals surface area contributed by atoms with Crippen molar-refractivity contribution in [2.24, 2.45) is 5.92 Å². The summed E-state index contributed by atoms with van der Waals surface area (Å²) in [5.74, 6) is -5.94. The van der Waals surface area contributed by atoms with Gasteiger partial charge in [0.1, 0.15) is 12.4 Å². The number of benzene rings is 1. The van der Waals surface area contributed by atoms with Gasteiger partial charge in [0.15, 0.2) is 5.65 Å². The number of pyridine rings is 1. The second kappa shape index (κ2) is 7.71. The van der Waals surface area contributed by atoms with Gasteiger partial charge in [-0.25, -0.2) is 17.7 Å². The summed E-state index contributed by atoms with van der Waals surface area (Å²) >= 11 is 2.99. The molecule has 0 saturated heterocycles. The molecule has 1 aliphatic rings. The van der Waals surface area contributed by atoms with Crippen LogP contribution in [-0.4, -0.2) is 50.3 Å². The lowest BCUT2D eigenvalue weighted by atomic mass is 10.2. The fourth-order valence-electron chi connectivity index (χ4n) is 2.99. The Morgan fingerprint density at radius 3 is 2.73 bits per heavy atom. The number of rotatable bonds is 6. The Hall–Kier alpha value is -2.95. The summed E-state index contributed by atoms with van der Waals surface area (Å²) in [6.07, 6.45) is 1.28. The molecule has 156 valence electrons. The number of aromatic nitrogens is 3. The summed E-state index contributed by atoms with van der Waals surface area (Å²) in [4.78, 5) is 30.4. The summed E-state index contributed by atoms with van der Waals surface area (Å²) in [7, 11) is 0. The molecule has 2 aromatic heterocycles. The smallest absolute Gasteiger partial charge is 0.254 e. The fourth-order valence-corrected chi connectivity index (χ4v) is 3.23. The van der Waals surface area contributed by atoms with E-state index in [1.807, 2.05) is 0 Å². The van der Waals surface area contributed by atoms with Crippen molar-refractivity contribution in [2.75, 3.05) is 18.4 Å². The van der Waals surface area contributed by atoms with Crippen molar-refractivity contribution in [3.63, 3.8) is 0 Å². The van der Waals surface area contributed by atoms with Crippen LogP contribution in [0.1, 0.15) is 16.8 Å². The van der Waals surface area contributed by atoms with Crippen molar-refractivity contribution < 1.29 is 22.8 Å². The Balaban J connectivity index is 1.50. The van der Waals surface area contributed by atoms with Gasteiger partial charge in [-0.3, -0.25) is 14.9 Å². The van der Waals surface area contributed by atoms with Crippen LogP contribution < -0.4 is 5.32 Å². The highest BCUT2D eigenvalue weighted by Gasteiger charge is 2.57. The molecule has 1 saturated carbocycles. The van der Waals surface area contributed by atoms with Crippen molar-refractivity contribution in [1.29, 1.82) is 0 Å². The number of carbonyl (C=O) groups is 2. The van der Waals surface area contributed by atoms with E-state index in [2.05, 4.69) is 31.3 Å². The van der Waals surface area contributed by atoms with Crippen molar-refractivity contribution in [3.8, 4) is 0 Å². The number of hydrogen-bond acceptors (Lipinski definition) is 4. The number of fused-ring (bicyclic) bond motifs is 1. The first-order chi connectivity index (χ1) is 14.2. The van der Waals surface area contributed by atoms with Gasteiger partial charge in [-0.15, -0.1) is 5.10 Å². The summed E-state index contributed by atoms with van der Waals surface area (Å²) in [6, 6.07) is 8.87. The predicted molar refractivity (Wildman–Crippen MR) is 105 cm³/mol. The van der Waals surface area contributed by atoms with Crippen LogP contribution in [0.25, 0.3) is 5.65 Å². The van der Waals surface area contributed by atoms with Crippen LogP contribution in [0.3, 0.4) is 0 Å². The van der Waals surface area contributed by atoms with Crippen LogP contribution in [0.4, 0.5) is 19.1 Å². The molecule has 1 unspecified atom stereocenters. The SMILES string of the molecule is O=C(CN(CC1CC1(F)F)C(=O)c1ccc(Br)c(F)c1)Nc1nc2ccccn2n1. The predicted octanol–water partition coefficient (Wildman–Crippen LogP) is 3.37. The van der Waals surface area contributed by atoms with E-state index in [0.29, 0.717) is 5.65 Å². The molecule has 1 fully saturated rings. The molecule has 30 heavy (non-hydrogen) atoms. The van der Waals surface area contributed by atoms with Crippen molar-refractivity contribution >= 4 is 39.3 Å². The third-order valence-corrected chi connectivity index (χ3v) is 5.32. The summed E-state index contributed by atoms with van der Waals surface area (Å²) in [5.41, 5.74) is 0.460. The van der Waals surface area contributed by atoms with Gasteiger partial charge in [-0.1, -0.05) is 6.07 Å². The average molecular weight is 482 g/mol. The molecule has 1 aliphatic carbocycles. The molecule has 11 heteroatoms. The lowest BCUT2D eigenvalue weighted by Gasteiger charge is -2.22. The van der Waals surface area contributed by atoms with Crippen LogP contribution in [-0.2, 0) is 4.79 Å². The van der Waals surface area contributed by atoms with E-state index < -0.39 is 36.0 Å². The molecule has 1 aromatic carbocycles. The number of anilines is 1. The fraction of sp³-hybridized carbons (Fsp3) is 0.263. The molecule has 7 nitrogen and oxygen atoms in total. The quantitative estimate of drug-likeness (QED) is 0.585. The second-order valence-corrected chi connectivity index (χ2v) is 7.82. The van der Waals surface area contributed by atoms with Crippen LogP contribution in [0, 0.1) is 11.7 Å². The minimum absolute atomic E-state index is 0.0186. The number of nitrogens with one attached hydrogen (secondary N) is 1. The maximum absolute atomic E-state index is 13.8. The van der Waals surface area contributed by atoms with Gasteiger partial charge in [0, 0.05) is 30.6 Å². The van der Waals surface area contributed by atoms with E-state index in [9.17, 15) is 22.8 Å². The Labute approximate surface area is 177 Å². The summed E-state index contributed by atoms with van der Waals surface area (Å²) < 4.78 is 42.3. The Kier molecular flexibility index (Phi) is 5.22. The maximum atomic E-state index is 13.8. The highest BCUT2D eigenvalue weighted by atomic mass is 79.9. The van der Waals surface area contributed by atoms with Crippen LogP contribution in [0.2, 0.25) is 0 Å². The van der Waals surface area contributed by atoms with E-state index in [0.717, 1.165) is 11.0 Å². The van der Waals surface area contributed by atoms with Gasteiger partial charge in [0.25, 0.3) is 11.8 Å². The summed E-state index contributed by atoms with van der Waals surface area (Å²) in [6.45, 7) is -0.825. The van der Waals surface area contributed by atoms with Crippen LogP contribution in [0.15, 0.2) is 47.1 Å². The van der Waals surface area contributed by atoms with E-state index in [1.165, 1.54) is 16.6 Å². The first kappa shape index (κ1) is 20.3. The molecule has 0 spiro atoms. The Morgan fingerprint density at radius 2 is 2.07 bits per heavy atom. The standard InChI is InChI=1S/C19H15BrF3N5O2/c20-13-5-4-11(7-14(13)21)17(30)27(9-12-8-19(12,22)23)10-16(29)25-18-24-15-3-1-2-6-28(15)26-18/h1-7,12H,8-10H2,(H,25,26,29). The average Bonchev–Trinajstić information content (AvgIpc) is 3.09. The molecule has 1 atom stereocenters. The first-order valence-electron chi connectivity index (χ1n) is 8.96. The van der Waals surface area contributed by atoms with Gasteiger partial charge in [0.05, 0.1) is 4.47 Å². The highest BCUT2D eigenvalue weighted by Crippen LogP contribution is 2.49. The van der Waals surface area contributed by atoms with E-state index in [-0.39, 0.29) is 29.0 Å². The topological polar surface area (TPSA) is 79.6 Å². The Morgan fingerprint density at radius 1 is 1.30 bits per heavy atom. The van der Waals surface area contributed by atoms with Crippen molar-refractivity contribution in [3.05, 3.63) is 58.4 Å². The minimum atomic E-state index is -2.87. The normalized spacial score (nSPS) is 17.0. The largest absolute Gasteiger partial charge is 0.329 e. The van der Waals surface area contributed by atoms with Gasteiger partial charge < -0.3 is 4.90 Å². The monoisotopic (exact) mass is 481 g/mol. The number of halogens is 4. The number of carbonyl (C=O) groups excluding carboxylic acids is 2. The molecule has 0 bridgehead atoms. The van der Waals surface area contributed by atoms with E-state index in [4.69, 9.17) is 0 Å². The number of alkyl halides is 2. The van der Waals surface area contributed by atoms with Crippen LogP contribution >= 0.6 is 15.9 Å². The van der Waals surface area contributed by atoms with Gasteiger partial charge in [-0.2, -0.15) is 4.98 Å². The zero-order valence-electron chi connectivity index (χ0n) is 15.4. The second-order valence-electron chi connectivity index (χ2n) is 6.96. The van der Waals surface area contributed by atoms with E-state index in [1.54, 1.807) is 24.4 Å². The number of hydrogen-bond donors (Lipinski definition) is 1. The van der Waals surface area contributed by atoms with Crippen molar-refractivity contribution in [1.82, 2.24) is 19.5 Å². The lowest BCUT2D eigenvalue weighted by Crippen LogP contribution is -2.40. The molecule has 0 radical (unpaired) electrons. The molecule has 2 amide bonds. The highest BCUT2D eigenvalue weighted by molar-refractivity contribution is 9.10. The zero-order valence-corrected chi connectivity index (χ0v) is 16.9. The molecule has 1 N–H and O–H groups in total. The van der Waals surface area contributed by atoms with Crippen LogP contribution in [0.5, 0.6) is 0 Å². The van der Waals surface area contributed by atoms with Gasteiger partial charge in [0.2, 0.25) is 11.9 Å². The van der Waals surface area contributed by atoms with Gasteiger partial charge in [-0.05, 0) is 46.3 Å². The molecular weight excluding hydrogens is 467 g/mol. The lowest BCUT2D eigenvalue weighted by molar-refractivity contribution is -0.117. The van der Waals surface area contributed by atoms with E-state index >= 15 is 0 Å². The molecule has 0 aliphatic heterocycles. The third-order valence-electron chi connectivity index (χ3n) is 4.68. The zero-order chi connectivity index (χ0) is 21.5. The third kappa shape index (κ3) is 4.30. The van der Waals surface area contributed by atoms with Crippen molar-refractivity contribution in [2.45, 2.75) is 12.3 Å². The minimum Gasteiger partial charge on any atom is -0.329 e. The Bertz CT molecular complexity index is 1100. The molecule has 3 aromatic rings. The number of nitrogens with zero attached hydrogens (tertiary/aromatic N) is 4. The number of amides is 2. The molecule has 2 heterocycles.